The van der Waals surface area contributed by atoms with Crippen LogP contribution >= 0.6 is 6.83 Å². The molecule has 0 amide bonds. The van der Waals surface area contributed by atoms with Gasteiger partial charge in [0.05, 0.1) is 0 Å². The molecule has 0 spiro atoms. The van der Waals surface area contributed by atoms with Gasteiger partial charge in [0, 0.05) is 0 Å². The van der Waals surface area contributed by atoms with Crippen LogP contribution in [0.15, 0.2) is 0 Å². The van der Waals surface area contributed by atoms with E-state index in [1.54, 1.807) is 0 Å². The van der Waals surface area contributed by atoms with E-state index >= 15 is 0 Å². The van der Waals surface area contributed by atoms with Crippen molar-refractivity contribution < 1.29 is 14.4 Å². The Bertz CT molecular complexity index is 164. The van der Waals surface area contributed by atoms with Gasteiger partial charge in [-0.1, -0.05) is 0 Å². The summed E-state index contributed by atoms with van der Waals surface area (Å²) < 4.78 is 5.27. The molecule has 0 aromatic rings. The number of carboxylic acid groups (broad SMARTS) is 1. The molecule has 0 radical (unpaired) electrons. The third-order valence-electron chi connectivity index (χ3n) is 3.54. The molecule has 0 saturated heterocycles. The van der Waals surface area contributed by atoms with Crippen molar-refractivity contribution in [3.63, 3.8) is 0 Å². The molecule has 0 bridgehead atoms. The second kappa shape index (κ2) is 4.28. The van der Waals surface area contributed by atoms with E-state index < -0.39 is 13.0 Å². The summed E-state index contributed by atoms with van der Waals surface area (Å²) in [5, 5.41) is 8.75. The van der Waals surface area contributed by atoms with Crippen LogP contribution in [0.3, 0.4) is 0 Å². The van der Waals surface area contributed by atoms with Crippen LogP contribution in [-0.2, 0) is 4.52 Å². The molecule has 0 heterocycles. The third-order valence-corrected chi connectivity index (χ3v) is 10.6. The zero-order chi connectivity index (χ0) is 10.6. The monoisotopic (exact) mass is 208 g/mol. The Morgan fingerprint density at radius 2 is 1.38 bits per heavy atom. The molecule has 0 aliphatic heterocycles. The minimum absolute atomic E-state index is 0.862. The summed E-state index contributed by atoms with van der Waals surface area (Å²) in [6, 6.07) is 0. The van der Waals surface area contributed by atoms with Gasteiger partial charge in [0.15, 0.2) is 0 Å². The van der Waals surface area contributed by atoms with Gasteiger partial charge in [0.1, 0.15) is 0 Å². The normalized spacial score (nSPS) is 14.6. The first-order valence-electron chi connectivity index (χ1n) is 4.91. The van der Waals surface area contributed by atoms with Crippen molar-refractivity contribution in [3.05, 3.63) is 0 Å². The Hall–Kier alpha value is -0.300. The molecule has 0 aromatic carbocycles. The summed E-state index contributed by atoms with van der Waals surface area (Å²) >= 11 is 0. The fourth-order valence-electron chi connectivity index (χ4n) is 1.82. The molecular formula is C9H21O3P. The average Bonchev–Trinajstić information content (AvgIpc) is 2.15. The number of hydrogen-bond acceptors (Lipinski definition) is 2. The van der Waals surface area contributed by atoms with Crippen molar-refractivity contribution in [3.8, 4) is 0 Å². The van der Waals surface area contributed by atoms with E-state index in [0.717, 1.165) is 24.6 Å². The number of carbonyl (C=O) groups is 1. The zero-order valence-electron chi connectivity index (χ0n) is 9.04. The van der Waals surface area contributed by atoms with Crippen molar-refractivity contribution in [1.82, 2.24) is 0 Å². The molecule has 0 fully saturated rings. The van der Waals surface area contributed by atoms with Crippen LogP contribution < -0.4 is 0 Å². The molecule has 0 aliphatic carbocycles. The molecule has 13 heavy (non-hydrogen) atoms. The summed E-state index contributed by atoms with van der Waals surface area (Å²) in [6.07, 6.45) is 2.34. The summed E-state index contributed by atoms with van der Waals surface area (Å²) in [5.41, 5.74) is 0. The summed E-state index contributed by atoms with van der Waals surface area (Å²) in [7, 11) is 0. The van der Waals surface area contributed by atoms with Gasteiger partial charge in [-0.25, -0.2) is 0 Å². The van der Waals surface area contributed by atoms with Gasteiger partial charge >= 0.3 is 79.8 Å². The Kier molecular flexibility index (Phi) is 4.18. The molecule has 0 saturated carbocycles. The Morgan fingerprint density at radius 3 is 1.46 bits per heavy atom. The average molecular weight is 208 g/mol. The van der Waals surface area contributed by atoms with Crippen LogP contribution in [0.25, 0.3) is 0 Å². The van der Waals surface area contributed by atoms with Gasteiger partial charge in [0.25, 0.3) is 0 Å². The topological polar surface area (TPSA) is 46.5 Å². The molecule has 0 aliphatic rings. The van der Waals surface area contributed by atoms with E-state index in [-0.39, 0.29) is 0 Å². The SMILES string of the molecule is CCP(CC)(CC)(CC)OC(=O)O. The molecule has 0 unspecified atom stereocenters. The van der Waals surface area contributed by atoms with Crippen LogP contribution in [-0.4, -0.2) is 35.9 Å². The first-order valence-corrected chi connectivity index (χ1v) is 7.80. The van der Waals surface area contributed by atoms with Gasteiger partial charge < -0.3 is 0 Å². The predicted octanol–water partition coefficient (Wildman–Crippen LogP) is 3.23. The van der Waals surface area contributed by atoms with Crippen LogP contribution in [0, 0.1) is 0 Å². The van der Waals surface area contributed by atoms with Crippen molar-refractivity contribution in [2.45, 2.75) is 27.7 Å². The van der Waals surface area contributed by atoms with Gasteiger partial charge in [-0.3, -0.25) is 0 Å². The molecule has 0 atom stereocenters. The van der Waals surface area contributed by atoms with E-state index in [4.69, 9.17) is 9.63 Å². The molecule has 0 aromatic heterocycles. The molecule has 80 valence electrons. The first-order chi connectivity index (χ1) is 5.97. The van der Waals surface area contributed by atoms with Crippen LogP contribution in [0.4, 0.5) is 4.79 Å². The van der Waals surface area contributed by atoms with Gasteiger partial charge in [0.2, 0.25) is 0 Å². The molecular weight excluding hydrogens is 187 g/mol. The zero-order valence-corrected chi connectivity index (χ0v) is 9.93. The summed E-state index contributed by atoms with van der Waals surface area (Å²) in [5.74, 6) is 0. The summed E-state index contributed by atoms with van der Waals surface area (Å²) in [4.78, 5) is 10.7. The van der Waals surface area contributed by atoms with Gasteiger partial charge in [-0.15, -0.1) is 0 Å². The van der Waals surface area contributed by atoms with E-state index in [2.05, 4.69) is 0 Å². The van der Waals surface area contributed by atoms with Crippen LogP contribution in [0.1, 0.15) is 27.7 Å². The quantitative estimate of drug-likeness (QED) is 0.705. The van der Waals surface area contributed by atoms with Crippen LogP contribution in [0.2, 0.25) is 0 Å². The Balaban J connectivity index is 4.94. The van der Waals surface area contributed by atoms with E-state index in [0.29, 0.717) is 0 Å². The van der Waals surface area contributed by atoms with Crippen molar-refractivity contribution in [2.24, 2.45) is 0 Å². The molecule has 3 nitrogen and oxygen atoms in total. The third kappa shape index (κ3) is 2.34. The van der Waals surface area contributed by atoms with E-state index in [1.807, 2.05) is 27.7 Å². The minimum atomic E-state index is -2.37. The molecule has 1 N–H and O–H groups in total. The van der Waals surface area contributed by atoms with E-state index in [9.17, 15) is 4.79 Å². The Labute approximate surface area is 80.5 Å². The second-order valence-electron chi connectivity index (χ2n) is 3.48. The maximum atomic E-state index is 10.7. The van der Waals surface area contributed by atoms with Crippen molar-refractivity contribution >= 4 is 13.0 Å². The maximum absolute atomic E-state index is 10.7. The standard InChI is InChI=1S/C9H21O3P/c1-5-13(6-2,7-3,8-4)12-9(10)11/h5-8H2,1-4H3,(H,10,11). The fraction of sp³-hybridized carbons (Fsp3) is 0.889. The van der Waals surface area contributed by atoms with Gasteiger partial charge in [-0.05, 0) is 0 Å². The van der Waals surface area contributed by atoms with E-state index in [1.165, 1.54) is 0 Å². The Morgan fingerprint density at radius 1 is 1.08 bits per heavy atom. The fourth-order valence-corrected chi connectivity index (χ4v) is 5.46. The molecule has 0 rings (SSSR count). The number of rotatable bonds is 5. The molecule has 4 heteroatoms. The van der Waals surface area contributed by atoms with Crippen LogP contribution in [0.5, 0.6) is 0 Å². The first kappa shape index (κ1) is 12.7. The van der Waals surface area contributed by atoms with Crippen molar-refractivity contribution in [2.75, 3.05) is 24.6 Å². The number of hydrogen-bond donors (Lipinski definition) is 1. The van der Waals surface area contributed by atoms with Crippen molar-refractivity contribution in [1.29, 1.82) is 0 Å². The summed E-state index contributed by atoms with van der Waals surface area (Å²) in [6.45, 7) is 5.78. The second-order valence-corrected chi connectivity index (χ2v) is 9.91. The van der Waals surface area contributed by atoms with Gasteiger partial charge in [-0.2, -0.15) is 0 Å². The predicted molar refractivity (Wildman–Crippen MR) is 58.2 cm³/mol.